The van der Waals surface area contributed by atoms with Gasteiger partial charge in [0.2, 0.25) is 0 Å². The Morgan fingerprint density at radius 2 is 1.62 bits per heavy atom. The minimum absolute atomic E-state index is 0.0697. The summed E-state index contributed by atoms with van der Waals surface area (Å²) in [6.45, 7) is 9.20. The molecule has 2 fully saturated rings. The fourth-order valence-electron chi connectivity index (χ4n) is 3.61. The topological polar surface area (TPSA) is 59.9 Å². The zero-order chi connectivity index (χ0) is 18.8. The van der Waals surface area contributed by atoms with Gasteiger partial charge in [0.05, 0.1) is 30.1 Å². The summed E-state index contributed by atoms with van der Waals surface area (Å²) in [7, 11) is 0. The third-order valence-electron chi connectivity index (χ3n) is 5.16. The fourth-order valence-corrected chi connectivity index (χ4v) is 3.61. The number of carbonyl (C=O) groups is 1. The first-order valence-corrected chi connectivity index (χ1v) is 9.42. The van der Waals surface area contributed by atoms with Crippen molar-refractivity contribution in [3.63, 3.8) is 0 Å². The molecule has 5 nitrogen and oxygen atoms in total. The second-order valence-corrected chi connectivity index (χ2v) is 8.67. The summed E-state index contributed by atoms with van der Waals surface area (Å²) in [5.41, 5.74) is 4.62. The van der Waals surface area contributed by atoms with Gasteiger partial charge in [-0.1, -0.05) is 18.2 Å². The van der Waals surface area contributed by atoms with Crippen molar-refractivity contribution in [2.45, 2.75) is 58.2 Å². The summed E-state index contributed by atoms with van der Waals surface area (Å²) in [5.74, 6) is 0.360. The average Bonchev–Trinajstić information content (AvgIpc) is 2.57. The molecule has 1 N–H and O–H groups in total. The lowest BCUT2D eigenvalue weighted by atomic mass is 9.80. The van der Waals surface area contributed by atoms with Gasteiger partial charge >= 0.3 is 0 Å². The maximum Gasteiger partial charge on any atom is 0.141 e. The standard InChI is InChI=1S/C21H30N2O3/c1-20(2)11-18(23-22-17-8-6-5-7-9-17)15(13-25-20)10-16-14-26-21(3,4)12-19(16)24/h5-9,15-16,22H,10-14H2,1-4H3. The summed E-state index contributed by atoms with van der Waals surface area (Å²) in [4.78, 5) is 12.5. The molecule has 1 aromatic rings. The molecule has 0 aliphatic carbocycles. The van der Waals surface area contributed by atoms with Gasteiger partial charge in [-0.3, -0.25) is 10.2 Å². The van der Waals surface area contributed by atoms with Crippen LogP contribution in [0.15, 0.2) is 35.4 Å². The zero-order valence-electron chi connectivity index (χ0n) is 16.2. The molecule has 0 aromatic heterocycles. The van der Waals surface area contributed by atoms with Crippen LogP contribution >= 0.6 is 0 Å². The van der Waals surface area contributed by atoms with Gasteiger partial charge in [-0.05, 0) is 46.2 Å². The third-order valence-corrected chi connectivity index (χ3v) is 5.16. The Kier molecular flexibility index (Phi) is 5.49. The third kappa shape index (κ3) is 4.92. The number of Topliss-reactive ketones (excluding diaryl/α,β-unsaturated/α-hetero) is 1. The molecular weight excluding hydrogens is 328 g/mol. The van der Waals surface area contributed by atoms with Crippen LogP contribution in [0.2, 0.25) is 0 Å². The SMILES string of the molecule is CC1(C)CC(=O)C(CC2COC(C)(C)CC2=NNc2ccccc2)CO1. The summed E-state index contributed by atoms with van der Waals surface area (Å²) < 4.78 is 11.9. The number of ketones is 1. The van der Waals surface area contributed by atoms with Crippen molar-refractivity contribution in [2.24, 2.45) is 16.9 Å². The van der Waals surface area contributed by atoms with E-state index in [9.17, 15) is 4.79 Å². The van der Waals surface area contributed by atoms with Crippen LogP contribution in [0, 0.1) is 11.8 Å². The van der Waals surface area contributed by atoms with E-state index in [1.54, 1.807) is 0 Å². The van der Waals surface area contributed by atoms with Gasteiger partial charge < -0.3 is 9.47 Å². The Morgan fingerprint density at radius 3 is 2.27 bits per heavy atom. The van der Waals surface area contributed by atoms with E-state index in [4.69, 9.17) is 9.47 Å². The Labute approximate surface area is 156 Å². The summed E-state index contributed by atoms with van der Waals surface area (Å²) >= 11 is 0. The second kappa shape index (κ2) is 7.49. The predicted molar refractivity (Wildman–Crippen MR) is 103 cm³/mol. The number of rotatable bonds is 4. The highest BCUT2D eigenvalue weighted by Gasteiger charge is 2.39. The summed E-state index contributed by atoms with van der Waals surface area (Å²) in [6.07, 6.45) is 1.97. The maximum atomic E-state index is 12.5. The van der Waals surface area contributed by atoms with E-state index in [-0.39, 0.29) is 23.0 Å². The molecule has 142 valence electrons. The van der Waals surface area contributed by atoms with E-state index >= 15 is 0 Å². The van der Waals surface area contributed by atoms with Gasteiger partial charge in [-0.25, -0.2) is 0 Å². The molecule has 5 heteroatoms. The minimum atomic E-state index is -0.343. The van der Waals surface area contributed by atoms with Crippen LogP contribution in [-0.2, 0) is 14.3 Å². The Balaban J connectivity index is 1.70. The number of anilines is 1. The number of hydrogen-bond acceptors (Lipinski definition) is 5. The first-order chi connectivity index (χ1) is 12.2. The van der Waals surface area contributed by atoms with Gasteiger partial charge in [0.25, 0.3) is 0 Å². The van der Waals surface area contributed by atoms with Crippen molar-refractivity contribution >= 4 is 17.2 Å². The van der Waals surface area contributed by atoms with Crippen molar-refractivity contribution in [1.82, 2.24) is 0 Å². The molecule has 0 radical (unpaired) electrons. The Bertz CT molecular complexity index is 667. The first kappa shape index (κ1) is 19.1. The van der Waals surface area contributed by atoms with Crippen LogP contribution < -0.4 is 5.43 Å². The molecule has 3 rings (SSSR count). The molecule has 2 aliphatic heterocycles. The normalized spacial score (nSPS) is 29.5. The van der Waals surface area contributed by atoms with Crippen LogP contribution in [-0.4, -0.2) is 35.9 Å². The average molecular weight is 358 g/mol. The molecule has 2 saturated heterocycles. The molecule has 2 aliphatic rings. The second-order valence-electron chi connectivity index (χ2n) is 8.67. The highest BCUT2D eigenvalue weighted by atomic mass is 16.5. The minimum Gasteiger partial charge on any atom is -0.374 e. The number of nitrogens with one attached hydrogen (secondary N) is 1. The molecule has 0 spiro atoms. The number of hydrogen-bond donors (Lipinski definition) is 1. The van der Waals surface area contributed by atoms with Crippen LogP contribution in [0.3, 0.4) is 0 Å². The number of benzene rings is 1. The number of para-hydroxylation sites is 1. The number of ether oxygens (including phenoxy) is 2. The fraction of sp³-hybridized carbons (Fsp3) is 0.619. The largest absolute Gasteiger partial charge is 0.374 e. The van der Waals surface area contributed by atoms with E-state index in [2.05, 4.69) is 24.4 Å². The van der Waals surface area contributed by atoms with Crippen molar-refractivity contribution in [3.8, 4) is 0 Å². The van der Waals surface area contributed by atoms with E-state index in [0.29, 0.717) is 25.4 Å². The maximum absolute atomic E-state index is 12.5. The van der Waals surface area contributed by atoms with Gasteiger partial charge in [-0.15, -0.1) is 0 Å². The highest BCUT2D eigenvalue weighted by Crippen LogP contribution is 2.33. The Morgan fingerprint density at radius 1 is 1.00 bits per heavy atom. The van der Waals surface area contributed by atoms with Crippen molar-refractivity contribution in [1.29, 1.82) is 0 Å². The quantitative estimate of drug-likeness (QED) is 0.825. The molecule has 2 unspecified atom stereocenters. The monoisotopic (exact) mass is 358 g/mol. The zero-order valence-corrected chi connectivity index (χ0v) is 16.2. The van der Waals surface area contributed by atoms with E-state index in [1.807, 2.05) is 44.2 Å². The lowest BCUT2D eigenvalue weighted by Gasteiger charge is -2.39. The van der Waals surface area contributed by atoms with E-state index in [1.165, 1.54) is 0 Å². The highest BCUT2D eigenvalue weighted by molar-refractivity contribution is 5.90. The molecule has 2 atom stereocenters. The first-order valence-electron chi connectivity index (χ1n) is 9.42. The van der Waals surface area contributed by atoms with Crippen LogP contribution in [0.1, 0.15) is 47.0 Å². The molecule has 0 bridgehead atoms. The summed E-state index contributed by atoms with van der Waals surface area (Å²) in [5, 5.41) is 4.68. The number of carbonyl (C=O) groups excluding carboxylic acids is 1. The van der Waals surface area contributed by atoms with Crippen molar-refractivity contribution < 1.29 is 14.3 Å². The van der Waals surface area contributed by atoms with Crippen LogP contribution in [0.5, 0.6) is 0 Å². The molecule has 2 heterocycles. The summed E-state index contributed by atoms with van der Waals surface area (Å²) in [6, 6.07) is 9.92. The van der Waals surface area contributed by atoms with E-state index in [0.717, 1.165) is 24.2 Å². The van der Waals surface area contributed by atoms with E-state index < -0.39 is 0 Å². The molecule has 0 saturated carbocycles. The van der Waals surface area contributed by atoms with Gasteiger partial charge in [-0.2, -0.15) is 5.10 Å². The van der Waals surface area contributed by atoms with Gasteiger partial charge in [0, 0.05) is 30.4 Å². The lowest BCUT2D eigenvalue weighted by Crippen LogP contribution is -2.45. The molecular formula is C21H30N2O3. The Hall–Kier alpha value is -1.72. The predicted octanol–water partition coefficient (Wildman–Crippen LogP) is 4.04. The van der Waals surface area contributed by atoms with Crippen molar-refractivity contribution in [2.75, 3.05) is 18.6 Å². The van der Waals surface area contributed by atoms with Crippen molar-refractivity contribution in [3.05, 3.63) is 30.3 Å². The molecule has 1 aromatic carbocycles. The van der Waals surface area contributed by atoms with Crippen LogP contribution in [0.4, 0.5) is 5.69 Å². The van der Waals surface area contributed by atoms with Gasteiger partial charge in [0.15, 0.2) is 0 Å². The molecule has 0 amide bonds. The number of hydrazone groups is 1. The lowest BCUT2D eigenvalue weighted by molar-refractivity contribution is -0.146. The smallest absolute Gasteiger partial charge is 0.141 e. The number of nitrogens with zero attached hydrogens (tertiary/aromatic N) is 1. The van der Waals surface area contributed by atoms with Gasteiger partial charge in [0.1, 0.15) is 5.78 Å². The van der Waals surface area contributed by atoms with Crippen LogP contribution in [0.25, 0.3) is 0 Å². The molecule has 26 heavy (non-hydrogen) atoms.